The van der Waals surface area contributed by atoms with Crippen molar-refractivity contribution in [3.63, 3.8) is 0 Å². The summed E-state index contributed by atoms with van der Waals surface area (Å²) in [6.45, 7) is 3.53. The van der Waals surface area contributed by atoms with E-state index >= 15 is 0 Å². The molecule has 0 unspecified atom stereocenters. The maximum atomic E-state index is 12.5. The van der Waals surface area contributed by atoms with Crippen LogP contribution in [-0.4, -0.2) is 33.8 Å². The van der Waals surface area contributed by atoms with Crippen LogP contribution in [0, 0.1) is 6.92 Å². The Morgan fingerprint density at radius 2 is 1.94 bits per heavy atom. The molecule has 1 saturated heterocycles. The van der Waals surface area contributed by atoms with Crippen molar-refractivity contribution >= 4 is 15.7 Å². The van der Waals surface area contributed by atoms with E-state index in [0.29, 0.717) is 12.8 Å². The van der Waals surface area contributed by atoms with Crippen molar-refractivity contribution in [1.29, 1.82) is 0 Å². The van der Waals surface area contributed by atoms with E-state index in [-0.39, 0.29) is 5.25 Å². The monoisotopic (exact) mass is 268 g/mol. The number of benzene rings is 1. The minimum absolute atomic E-state index is 0.260. The van der Waals surface area contributed by atoms with Gasteiger partial charge in [-0.1, -0.05) is 12.1 Å². The largest absolute Gasteiger partial charge is 0.317 e. The van der Waals surface area contributed by atoms with Gasteiger partial charge in [-0.25, -0.2) is 8.42 Å². The second-order valence-electron chi connectivity index (χ2n) is 4.80. The second-order valence-corrected chi connectivity index (χ2v) is 7.05. The number of anilines is 1. The molecule has 100 valence electrons. The molecule has 1 N–H and O–H groups in total. The molecule has 1 aromatic carbocycles. The van der Waals surface area contributed by atoms with E-state index in [0.717, 1.165) is 24.3 Å². The first kappa shape index (κ1) is 13.4. The van der Waals surface area contributed by atoms with Crippen molar-refractivity contribution < 1.29 is 8.42 Å². The molecule has 0 amide bonds. The zero-order chi connectivity index (χ0) is 13.2. The number of nitrogens with zero attached hydrogens (tertiary/aromatic N) is 1. The maximum Gasteiger partial charge on any atom is 0.237 e. The summed E-state index contributed by atoms with van der Waals surface area (Å²) in [7, 11) is -1.59. The van der Waals surface area contributed by atoms with Gasteiger partial charge in [0.05, 0.1) is 10.9 Å². The molecule has 1 aliphatic rings. The van der Waals surface area contributed by atoms with Crippen molar-refractivity contribution in [3.05, 3.63) is 29.8 Å². The SMILES string of the molecule is Cc1cccc(N(C)S(=O)(=O)C2CCNCC2)c1. The van der Waals surface area contributed by atoms with Crippen LogP contribution in [0.15, 0.2) is 24.3 Å². The summed E-state index contributed by atoms with van der Waals surface area (Å²) in [6.07, 6.45) is 1.39. The predicted molar refractivity (Wildman–Crippen MR) is 74.4 cm³/mol. The summed E-state index contributed by atoms with van der Waals surface area (Å²) in [5, 5.41) is 2.93. The molecule has 0 aliphatic carbocycles. The molecule has 0 atom stereocenters. The highest BCUT2D eigenvalue weighted by Gasteiger charge is 2.31. The molecule has 4 nitrogen and oxygen atoms in total. The van der Waals surface area contributed by atoms with Crippen molar-refractivity contribution in [1.82, 2.24) is 5.32 Å². The number of sulfonamides is 1. The van der Waals surface area contributed by atoms with Crippen molar-refractivity contribution in [2.24, 2.45) is 0 Å². The van der Waals surface area contributed by atoms with Gasteiger partial charge in [0.15, 0.2) is 0 Å². The number of piperidine rings is 1. The molecule has 2 rings (SSSR count). The van der Waals surface area contributed by atoms with Gasteiger partial charge in [0.1, 0.15) is 0 Å². The number of nitrogens with one attached hydrogen (secondary N) is 1. The van der Waals surface area contributed by atoms with Gasteiger partial charge < -0.3 is 5.32 Å². The van der Waals surface area contributed by atoms with Crippen LogP contribution < -0.4 is 9.62 Å². The molecule has 0 radical (unpaired) electrons. The quantitative estimate of drug-likeness (QED) is 0.904. The Bertz CT molecular complexity index is 507. The Hall–Kier alpha value is -1.07. The molecule has 1 aliphatic heterocycles. The first-order chi connectivity index (χ1) is 8.51. The molecule has 0 saturated carbocycles. The van der Waals surface area contributed by atoms with Crippen LogP contribution in [0.4, 0.5) is 5.69 Å². The van der Waals surface area contributed by atoms with E-state index in [1.165, 1.54) is 4.31 Å². The second kappa shape index (κ2) is 5.28. The summed E-state index contributed by atoms with van der Waals surface area (Å²) < 4.78 is 26.4. The van der Waals surface area contributed by atoms with Crippen LogP contribution in [0.3, 0.4) is 0 Å². The molecule has 18 heavy (non-hydrogen) atoms. The smallest absolute Gasteiger partial charge is 0.237 e. The Balaban J connectivity index is 2.23. The zero-order valence-corrected chi connectivity index (χ0v) is 11.7. The Labute approximate surface area is 109 Å². The maximum absolute atomic E-state index is 12.5. The van der Waals surface area contributed by atoms with Gasteiger partial charge in [-0.05, 0) is 50.6 Å². The van der Waals surface area contributed by atoms with E-state index in [4.69, 9.17) is 0 Å². The number of aryl methyl sites for hydroxylation is 1. The number of hydrogen-bond donors (Lipinski definition) is 1. The minimum atomic E-state index is -3.24. The average molecular weight is 268 g/mol. The third-order valence-electron chi connectivity index (χ3n) is 3.45. The van der Waals surface area contributed by atoms with Gasteiger partial charge in [0, 0.05) is 7.05 Å². The lowest BCUT2D eigenvalue weighted by Gasteiger charge is -2.28. The molecular weight excluding hydrogens is 248 g/mol. The fourth-order valence-electron chi connectivity index (χ4n) is 2.29. The van der Waals surface area contributed by atoms with Crippen LogP contribution in [0.25, 0.3) is 0 Å². The van der Waals surface area contributed by atoms with Crippen LogP contribution in [0.5, 0.6) is 0 Å². The van der Waals surface area contributed by atoms with Gasteiger partial charge >= 0.3 is 0 Å². The Morgan fingerprint density at radius 3 is 2.56 bits per heavy atom. The molecule has 1 aromatic rings. The highest BCUT2D eigenvalue weighted by Crippen LogP contribution is 2.23. The number of rotatable bonds is 3. The van der Waals surface area contributed by atoms with Crippen LogP contribution >= 0.6 is 0 Å². The van der Waals surface area contributed by atoms with Crippen molar-refractivity contribution in [2.45, 2.75) is 25.0 Å². The van der Waals surface area contributed by atoms with Crippen LogP contribution in [0.1, 0.15) is 18.4 Å². The topological polar surface area (TPSA) is 49.4 Å². The molecule has 5 heteroatoms. The van der Waals surface area contributed by atoms with Crippen LogP contribution in [0.2, 0.25) is 0 Å². The highest BCUT2D eigenvalue weighted by atomic mass is 32.2. The summed E-state index contributed by atoms with van der Waals surface area (Å²) >= 11 is 0. The van der Waals surface area contributed by atoms with E-state index < -0.39 is 10.0 Å². The summed E-state index contributed by atoms with van der Waals surface area (Å²) in [5.74, 6) is 0. The third-order valence-corrected chi connectivity index (χ3v) is 5.74. The van der Waals surface area contributed by atoms with Gasteiger partial charge in [0.25, 0.3) is 0 Å². The fourth-order valence-corrected chi connectivity index (χ4v) is 3.97. The molecule has 1 heterocycles. The summed E-state index contributed by atoms with van der Waals surface area (Å²) in [5.41, 5.74) is 1.81. The van der Waals surface area contributed by atoms with E-state index in [1.54, 1.807) is 7.05 Å². The van der Waals surface area contributed by atoms with Gasteiger partial charge in [-0.2, -0.15) is 0 Å². The third kappa shape index (κ3) is 2.67. The van der Waals surface area contributed by atoms with Crippen LogP contribution in [-0.2, 0) is 10.0 Å². The molecule has 0 aromatic heterocycles. The zero-order valence-electron chi connectivity index (χ0n) is 10.9. The van der Waals surface area contributed by atoms with Crippen molar-refractivity contribution in [2.75, 3.05) is 24.4 Å². The Kier molecular flexibility index (Phi) is 3.92. The Morgan fingerprint density at radius 1 is 1.28 bits per heavy atom. The first-order valence-corrected chi connectivity index (χ1v) is 7.77. The fraction of sp³-hybridized carbons (Fsp3) is 0.538. The summed E-state index contributed by atoms with van der Waals surface area (Å²) in [6, 6.07) is 7.60. The molecular formula is C13H20N2O2S. The molecule has 1 fully saturated rings. The standard InChI is InChI=1S/C13H20N2O2S/c1-11-4-3-5-12(10-11)15(2)18(16,17)13-6-8-14-9-7-13/h3-5,10,13-14H,6-9H2,1-2H3. The average Bonchev–Trinajstić information content (AvgIpc) is 2.39. The number of hydrogen-bond acceptors (Lipinski definition) is 3. The lowest BCUT2D eigenvalue weighted by molar-refractivity contribution is 0.495. The predicted octanol–water partition coefficient (Wildman–Crippen LogP) is 1.51. The van der Waals surface area contributed by atoms with E-state index in [2.05, 4.69) is 5.32 Å². The van der Waals surface area contributed by atoms with Gasteiger partial charge in [-0.3, -0.25) is 4.31 Å². The van der Waals surface area contributed by atoms with Gasteiger partial charge in [-0.15, -0.1) is 0 Å². The lowest BCUT2D eigenvalue weighted by atomic mass is 10.2. The molecule has 0 bridgehead atoms. The normalized spacial score (nSPS) is 17.7. The minimum Gasteiger partial charge on any atom is -0.317 e. The first-order valence-electron chi connectivity index (χ1n) is 6.27. The van der Waals surface area contributed by atoms with E-state index in [1.807, 2.05) is 31.2 Å². The lowest BCUT2D eigenvalue weighted by Crippen LogP contribution is -2.42. The van der Waals surface area contributed by atoms with Crippen molar-refractivity contribution in [3.8, 4) is 0 Å². The van der Waals surface area contributed by atoms with E-state index in [9.17, 15) is 8.42 Å². The highest BCUT2D eigenvalue weighted by molar-refractivity contribution is 7.93. The summed E-state index contributed by atoms with van der Waals surface area (Å²) in [4.78, 5) is 0. The molecule has 0 spiro atoms. The van der Waals surface area contributed by atoms with Gasteiger partial charge in [0.2, 0.25) is 10.0 Å².